The lowest BCUT2D eigenvalue weighted by Crippen LogP contribution is -2.48. The summed E-state index contributed by atoms with van der Waals surface area (Å²) in [5.74, 6) is -0.418. The second-order valence-electron chi connectivity index (χ2n) is 7.97. The number of carbonyl (C=O) groups excluding carboxylic acids is 1. The lowest BCUT2D eigenvalue weighted by molar-refractivity contribution is -0.0861. The van der Waals surface area contributed by atoms with Gasteiger partial charge in [-0.2, -0.15) is 20.1 Å². The number of nitrogens with zero attached hydrogens (tertiary/aromatic N) is 6. The van der Waals surface area contributed by atoms with Gasteiger partial charge in [-0.15, -0.1) is 0 Å². The molecule has 1 amide bonds. The second kappa shape index (κ2) is 8.95. The van der Waals surface area contributed by atoms with E-state index in [9.17, 15) is 9.18 Å². The summed E-state index contributed by atoms with van der Waals surface area (Å²) in [6.45, 7) is 3.48. The topological polar surface area (TPSA) is 78.1 Å². The van der Waals surface area contributed by atoms with Crippen LogP contribution in [-0.2, 0) is 11.3 Å². The fourth-order valence-corrected chi connectivity index (χ4v) is 3.98. The summed E-state index contributed by atoms with van der Waals surface area (Å²) in [7, 11) is 0. The van der Waals surface area contributed by atoms with E-state index in [-0.39, 0.29) is 11.7 Å². The van der Waals surface area contributed by atoms with Crippen LogP contribution in [0.15, 0.2) is 67.3 Å². The van der Waals surface area contributed by atoms with Crippen LogP contribution in [0, 0.1) is 12.7 Å². The van der Waals surface area contributed by atoms with E-state index in [1.54, 1.807) is 40.3 Å². The third kappa shape index (κ3) is 4.40. The molecule has 0 saturated carbocycles. The minimum Gasteiger partial charge on any atom is -0.356 e. The molecule has 1 aliphatic heterocycles. The van der Waals surface area contributed by atoms with E-state index < -0.39 is 6.23 Å². The number of aryl methyl sites for hydroxylation is 1. The Morgan fingerprint density at radius 1 is 1.09 bits per heavy atom. The number of rotatable bonds is 5. The number of aromatic nitrogens is 5. The Balaban J connectivity index is 1.39. The van der Waals surface area contributed by atoms with E-state index in [1.807, 2.05) is 31.3 Å². The smallest absolute Gasteiger partial charge is 0.258 e. The number of hydrogen-bond acceptors (Lipinski definition) is 5. The molecule has 1 saturated heterocycles. The first-order valence-electron chi connectivity index (χ1n) is 10.8. The lowest BCUT2D eigenvalue weighted by atomic mass is 10.1. The Kier molecular flexibility index (Phi) is 5.70. The predicted molar refractivity (Wildman–Crippen MR) is 119 cm³/mol. The van der Waals surface area contributed by atoms with Crippen molar-refractivity contribution in [2.45, 2.75) is 26.1 Å². The number of hydrogen-bond donors (Lipinski definition) is 0. The van der Waals surface area contributed by atoms with Gasteiger partial charge >= 0.3 is 0 Å². The van der Waals surface area contributed by atoms with Crippen molar-refractivity contribution in [3.05, 3.63) is 84.2 Å². The maximum Gasteiger partial charge on any atom is 0.258 e. The Hall–Kier alpha value is -3.85. The first kappa shape index (κ1) is 21.0. The van der Waals surface area contributed by atoms with Gasteiger partial charge in [0.05, 0.1) is 43.0 Å². The summed E-state index contributed by atoms with van der Waals surface area (Å²) in [5.41, 5.74) is 3.86. The van der Waals surface area contributed by atoms with Crippen molar-refractivity contribution in [1.82, 2.24) is 29.7 Å². The van der Waals surface area contributed by atoms with Crippen LogP contribution in [0.1, 0.15) is 22.3 Å². The molecule has 1 aliphatic rings. The fraction of sp³-hybridized carbons (Fsp3) is 0.250. The summed E-state index contributed by atoms with van der Waals surface area (Å²) < 4.78 is 21.0. The molecule has 2 aromatic carbocycles. The summed E-state index contributed by atoms with van der Waals surface area (Å²) in [6.07, 6.45) is 7.05. The van der Waals surface area contributed by atoms with Crippen LogP contribution >= 0.6 is 0 Å². The van der Waals surface area contributed by atoms with Gasteiger partial charge in [0, 0.05) is 18.3 Å². The van der Waals surface area contributed by atoms with Crippen molar-refractivity contribution in [2.24, 2.45) is 0 Å². The van der Waals surface area contributed by atoms with E-state index >= 15 is 0 Å². The number of amides is 1. The van der Waals surface area contributed by atoms with Gasteiger partial charge in [-0.05, 0) is 43.2 Å². The Morgan fingerprint density at radius 3 is 2.67 bits per heavy atom. The number of halogens is 1. The quantitative estimate of drug-likeness (QED) is 0.469. The third-order valence-corrected chi connectivity index (χ3v) is 5.63. The monoisotopic (exact) mass is 446 g/mol. The highest BCUT2D eigenvalue weighted by Gasteiger charge is 2.30. The van der Waals surface area contributed by atoms with Gasteiger partial charge < -0.3 is 9.64 Å². The number of carbonyl (C=O) groups is 1. The summed E-state index contributed by atoms with van der Waals surface area (Å²) >= 11 is 0. The van der Waals surface area contributed by atoms with E-state index in [0.29, 0.717) is 30.9 Å². The lowest BCUT2D eigenvalue weighted by Gasteiger charge is -2.36. The van der Waals surface area contributed by atoms with Crippen LogP contribution in [0.4, 0.5) is 4.39 Å². The first-order chi connectivity index (χ1) is 16.1. The van der Waals surface area contributed by atoms with Gasteiger partial charge in [0.1, 0.15) is 5.82 Å². The normalized spacial score (nSPS) is 16.2. The highest BCUT2D eigenvalue weighted by Crippen LogP contribution is 2.23. The molecule has 0 radical (unpaired) electrons. The molecule has 1 atom stereocenters. The van der Waals surface area contributed by atoms with Crippen molar-refractivity contribution in [1.29, 1.82) is 0 Å². The summed E-state index contributed by atoms with van der Waals surface area (Å²) in [4.78, 5) is 16.8. The molecule has 2 aromatic heterocycles. The highest BCUT2D eigenvalue weighted by atomic mass is 19.1. The van der Waals surface area contributed by atoms with Crippen molar-refractivity contribution in [3.63, 3.8) is 0 Å². The summed E-state index contributed by atoms with van der Waals surface area (Å²) in [6, 6.07) is 11.9. The summed E-state index contributed by atoms with van der Waals surface area (Å²) in [5, 5.41) is 12.8. The SMILES string of the molecule is Cc1ccc(-n2nccn2)c(C(=O)N2CCCO[C@H]2Cn2cc(-c3ccc(F)cc3)cn2)c1. The standard InChI is InChI=1S/C24H23FN6O2/c1-17-3-8-22(31-26-9-10-27-31)21(13-17)24(32)30-11-2-12-33-23(30)16-29-15-19(14-28-29)18-4-6-20(25)7-5-18/h3-10,13-15,23H,2,11-12,16H2,1H3/t23-/m0/s1. The van der Waals surface area contributed by atoms with Gasteiger partial charge in [-0.3, -0.25) is 9.48 Å². The Morgan fingerprint density at radius 2 is 1.88 bits per heavy atom. The molecule has 0 unspecified atom stereocenters. The van der Waals surface area contributed by atoms with Crippen LogP contribution in [-0.4, -0.2) is 55.0 Å². The largest absolute Gasteiger partial charge is 0.356 e. The molecule has 3 heterocycles. The second-order valence-corrected chi connectivity index (χ2v) is 7.97. The molecule has 0 spiro atoms. The van der Waals surface area contributed by atoms with Crippen LogP contribution in [0.25, 0.3) is 16.8 Å². The zero-order chi connectivity index (χ0) is 22.8. The molecule has 5 rings (SSSR count). The molecule has 0 aliphatic carbocycles. The molecule has 9 heteroatoms. The molecule has 0 bridgehead atoms. The van der Waals surface area contributed by atoms with Gasteiger partial charge in [0.25, 0.3) is 5.91 Å². The zero-order valence-corrected chi connectivity index (χ0v) is 18.1. The third-order valence-electron chi connectivity index (χ3n) is 5.63. The Labute approximate surface area is 190 Å². The average molecular weight is 446 g/mol. The molecule has 8 nitrogen and oxygen atoms in total. The maximum absolute atomic E-state index is 13.6. The van der Waals surface area contributed by atoms with Crippen LogP contribution in [0.3, 0.4) is 0 Å². The maximum atomic E-state index is 13.6. The molecular formula is C24H23FN6O2. The fourth-order valence-electron chi connectivity index (χ4n) is 3.98. The predicted octanol–water partition coefficient (Wildman–Crippen LogP) is 3.47. The molecule has 33 heavy (non-hydrogen) atoms. The zero-order valence-electron chi connectivity index (χ0n) is 18.1. The van der Waals surface area contributed by atoms with Gasteiger partial charge in [0.15, 0.2) is 6.23 Å². The molecule has 168 valence electrons. The molecular weight excluding hydrogens is 423 g/mol. The first-order valence-corrected chi connectivity index (χ1v) is 10.8. The molecule has 4 aromatic rings. The number of benzene rings is 2. The van der Waals surface area contributed by atoms with E-state index in [0.717, 1.165) is 23.1 Å². The van der Waals surface area contributed by atoms with Gasteiger partial charge in [0.2, 0.25) is 0 Å². The highest BCUT2D eigenvalue weighted by molar-refractivity contribution is 5.98. The number of ether oxygens (including phenoxy) is 1. The van der Waals surface area contributed by atoms with Gasteiger partial charge in [-0.25, -0.2) is 4.39 Å². The van der Waals surface area contributed by atoms with E-state index in [2.05, 4.69) is 15.3 Å². The van der Waals surface area contributed by atoms with Crippen LogP contribution in [0.5, 0.6) is 0 Å². The van der Waals surface area contributed by atoms with E-state index in [1.165, 1.54) is 16.9 Å². The van der Waals surface area contributed by atoms with E-state index in [4.69, 9.17) is 4.74 Å². The van der Waals surface area contributed by atoms with Crippen LogP contribution < -0.4 is 0 Å². The van der Waals surface area contributed by atoms with Crippen molar-refractivity contribution >= 4 is 5.91 Å². The molecule has 0 N–H and O–H groups in total. The van der Waals surface area contributed by atoms with Crippen molar-refractivity contribution in [2.75, 3.05) is 13.2 Å². The van der Waals surface area contributed by atoms with Crippen LogP contribution in [0.2, 0.25) is 0 Å². The average Bonchev–Trinajstić information content (AvgIpc) is 3.52. The van der Waals surface area contributed by atoms with Crippen molar-refractivity contribution < 1.29 is 13.9 Å². The Bertz CT molecular complexity index is 1250. The molecule has 1 fully saturated rings. The van der Waals surface area contributed by atoms with Gasteiger partial charge in [-0.1, -0.05) is 23.8 Å². The van der Waals surface area contributed by atoms with Crippen molar-refractivity contribution in [3.8, 4) is 16.8 Å². The minimum atomic E-state index is -0.467. The minimum absolute atomic E-state index is 0.137.